The Hall–Kier alpha value is -2.66. The van der Waals surface area contributed by atoms with E-state index in [2.05, 4.69) is 25.9 Å². The van der Waals surface area contributed by atoms with E-state index >= 15 is 0 Å². The number of rotatable bonds is 4. The summed E-state index contributed by atoms with van der Waals surface area (Å²) >= 11 is 1.60. The van der Waals surface area contributed by atoms with Crippen molar-refractivity contribution in [2.45, 2.75) is 42.1 Å². The van der Waals surface area contributed by atoms with Gasteiger partial charge in [0.2, 0.25) is 11.8 Å². The second kappa shape index (κ2) is 6.20. The quantitative estimate of drug-likeness (QED) is 0.411. The Morgan fingerprint density at radius 3 is 2.70 bits per heavy atom. The highest BCUT2D eigenvalue weighted by Gasteiger charge is 2.63. The Labute approximate surface area is 159 Å². The largest absolute Gasteiger partial charge is 0.399 e. The molecule has 0 saturated carbocycles. The number of nitrogens with zero attached hydrogens (tertiary/aromatic N) is 4. The molecule has 4 atom stereocenters. The van der Waals surface area contributed by atoms with E-state index in [4.69, 9.17) is 11.5 Å². The van der Waals surface area contributed by atoms with E-state index < -0.39 is 18.0 Å². The molecule has 10 nitrogen and oxygen atoms in total. The van der Waals surface area contributed by atoms with Gasteiger partial charge in [-0.2, -0.15) is 5.21 Å². The molecule has 2 saturated heterocycles. The summed E-state index contributed by atoms with van der Waals surface area (Å²) in [6.45, 7) is 4.03. The maximum Gasteiger partial charge on any atom is 0.249 e. The fourth-order valence-corrected chi connectivity index (χ4v) is 5.18. The predicted octanol–water partition coefficient (Wildman–Crippen LogP) is -0.298. The Morgan fingerprint density at radius 1 is 1.37 bits per heavy atom. The number of aromatic nitrogens is 4. The number of thioether (sulfide) groups is 1. The Morgan fingerprint density at radius 2 is 2.07 bits per heavy atom. The monoisotopic (exact) mass is 388 g/mol. The fourth-order valence-electron chi connectivity index (χ4n) is 3.55. The van der Waals surface area contributed by atoms with E-state index in [1.807, 2.05) is 13.8 Å². The van der Waals surface area contributed by atoms with Crippen LogP contribution >= 0.6 is 11.8 Å². The van der Waals surface area contributed by atoms with Crippen molar-refractivity contribution in [1.29, 1.82) is 0 Å². The number of nitrogens with one attached hydrogen (secondary N) is 2. The van der Waals surface area contributed by atoms with Gasteiger partial charge in [-0.3, -0.25) is 9.59 Å². The molecule has 0 radical (unpaired) electrons. The summed E-state index contributed by atoms with van der Waals surface area (Å²) in [5.41, 5.74) is 12.9. The number of amides is 2. The number of β-lactam (4-membered cyclic amide) rings is 1. The predicted molar refractivity (Wildman–Crippen MR) is 98.9 cm³/mol. The minimum Gasteiger partial charge on any atom is -0.399 e. The van der Waals surface area contributed by atoms with E-state index in [1.165, 1.54) is 0 Å². The average Bonchev–Trinajstić information content (AvgIpc) is 3.23. The van der Waals surface area contributed by atoms with Gasteiger partial charge in [-0.25, -0.2) is 0 Å². The van der Waals surface area contributed by atoms with Crippen LogP contribution in [0.2, 0.25) is 0 Å². The second-order valence-electron chi connectivity index (χ2n) is 7.16. The van der Waals surface area contributed by atoms with Gasteiger partial charge in [-0.1, -0.05) is 17.3 Å². The van der Waals surface area contributed by atoms with Crippen LogP contribution in [-0.2, 0) is 9.59 Å². The molecule has 0 bridgehead atoms. The summed E-state index contributed by atoms with van der Waals surface area (Å²) in [6.07, 6.45) is 0. The highest BCUT2D eigenvalue weighted by Crippen LogP contribution is 2.56. The number of H-pyrrole nitrogens is 1. The Bertz CT molecular complexity index is 869. The fraction of sp³-hybridized carbons (Fsp3) is 0.438. The lowest BCUT2D eigenvalue weighted by atomic mass is 9.95. The molecule has 27 heavy (non-hydrogen) atoms. The lowest BCUT2D eigenvalue weighted by Gasteiger charge is -2.44. The van der Waals surface area contributed by atoms with Crippen LogP contribution in [0.1, 0.15) is 37.3 Å². The van der Waals surface area contributed by atoms with Gasteiger partial charge < -0.3 is 21.7 Å². The molecule has 4 rings (SSSR count). The summed E-state index contributed by atoms with van der Waals surface area (Å²) in [5.74, 6) is -0.114. The molecular weight excluding hydrogens is 368 g/mol. The third-order valence-electron chi connectivity index (χ3n) is 4.92. The molecule has 3 unspecified atom stereocenters. The normalized spacial score (nSPS) is 27.0. The minimum absolute atomic E-state index is 0.175. The molecule has 0 aliphatic carbocycles. The van der Waals surface area contributed by atoms with E-state index in [1.54, 1.807) is 40.9 Å². The van der Waals surface area contributed by atoms with Crippen LogP contribution in [0, 0.1) is 0 Å². The summed E-state index contributed by atoms with van der Waals surface area (Å²) in [4.78, 5) is 27.0. The number of hydrogen-bond donors (Lipinski definition) is 4. The maximum absolute atomic E-state index is 12.7. The smallest absolute Gasteiger partial charge is 0.249 e. The summed E-state index contributed by atoms with van der Waals surface area (Å²) in [7, 11) is 0. The number of benzene rings is 1. The first-order valence-corrected chi connectivity index (χ1v) is 9.32. The number of carbonyl (C=O) groups excluding carboxylic acids is 2. The van der Waals surface area contributed by atoms with Crippen molar-refractivity contribution in [2.75, 3.05) is 5.73 Å². The SMILES string of the molecule is CC1(C)S[C@@H]2C(NC(=O)C(N)c3ccc(N)cc3)C(=O)N2C1c1nn[nH]n1. The number of nitrogens with two attached hydrogens (primary N) is 2. The molecule has 0 spiro atoms. The first-order valence-electron chi connectivity index (χ1n) is 8.44. The standard InChI is InChI=1S/C16H20N8O2S/c1-16(2)11(12-20-22-23-21-12)24-14(26)10(15(24)27-16)19-13(25)9(18)7-3-5-8(17)6-4-7/h3-6,9-11,15H,17-18H2,1-2H3,(H,19,25)(H,20,21,22,23)/t9?,10?,11?,15-/m1/s1. The lowest BCUT2D eigenvalue weighted by Crippen LogP contribution is -2.68. The van der Waals surface area contributed by atoms with Gasteiger partial charge in [0.1, 0.15) is 23.5 Å². The van der Waals surface area contributed by atoms with Gasteiger partial charge >= 0.3 is 0 Å². The van der Waals surface area contributed by atoms with Gasteiger partial charge in [-0.15, -0.1) is 22.0 Å². The number of aromatic amines is 1. The summed E-state index contributed by atoms with van der Waals surface area (Å²) in [6, 6.07) is 4.96. The molecule has 3 heterocycles. The molecule has 1 aromatic carbocycles. The molecule has 6 N–H and O–H groups in total. The number of fused-ring (bicyclic) bond motifs is 1. The van der Waals surface area contributed by atoms with Gasteiger partial charge in [0, 0.05) is 10.4 Å². The average molecular weight is 388 g/mol. The number of tetrazole rings is 1. The van der Waals surface area contributed by atoms with Gasteiger partial charge in [0.15, 0.2) is 5.82 Å². The highest BCUT2D eigenvalue weighted by atomic mass is 32.2. The van der Waals surface area contributed by atoms with Crippen LogP contribution in [0.15, 0.2) is 24.3 Å². The number of nitrogen functional groups attached to an aromatic ring is 1. The van der Waals surface area contributed by atoms with Gasteiger partial charge in [0.25, 0.3) is 0 Å². The van der Waals surface area contributed by atoms with E-state index in [0.29, 0.717) is 17.1 Å². The lowest BCUT2D eigenvalue weighted by molar-refractivity contribution is -0.152. The van der Waals surface area contributed by atoms with Crippen LogP contribution in [0.3, 0.4) is 0 Å². The third kappa shape index (κ3) is 2.82. The van der Waals surface area contributed by atoms with Crippen LogP contribution in [0.5, 0.6) is 0 Å². The molecule has 2 aromatic rings. The Kier molecular flexibility index (Phi) is 4.07. The summed E-state index contributed by atoms with van der Waals surface area (Å²) < 4.78 is -0.317. The van der Waals surface area contributed by atoms with E-state index in [-0.39, 0.29) is 22.1 Å². The highest BCUT2D eigenvalue weighted by molar-refractivity contribution is 8.01. The van der Waals surface area contributed by atoms with Crippen molar-refractivity contribution in [1.82, 2.24) is 30.8 Å². The molecular formula is C16H20N8O2S. The van der Waals surface area contributed by atoms with Gasteiger partial charge in [-0.05, 0) is 31.5 Å². The first kappa shape index (κ1) is 17.7. The number of hydrogen-bond acceptors (Lipinski definition) is 8. The second-order valence-corrected chi connectivity index (χ2v) is 8.93. The van der Waals surface area contributed by atoms with Crippen molar-refractivity contribution in [2.24, 2.45) is 5.73 Å². The molecule has 2 fully saturated rings. The first-order chi connectivity index (χ1) is 12.8. The minimum atomic E-state index is -0.875. The van der Waals surface area contributed by atoms with Crippen LogP contribution in [-0.4, -0.2) is 53.5 Å². The van der Waals surface area contributed by atoms with Crippen molar-refractivity contribution >= 4 is 29.3 Å². The third-order valence-corrected chi connectivity index (χ3v) is 6.49. The van der Waals surface area contributed by atoms with Crippen molar-refractivity contribution in [3.63, 3.8) is 0 Å². The zero-order chi connectivity index (χ0) is 19.3. The van der Waals surface area contributed by atoms with E-state index in [0.717, 1.165) is 0 Å². The van der Waals surface area contributed by atoms with Crippen LogP contribution in [0.25, 0.3) is 0 Å². The molecule has 2 aliphatic rings. The van der Waals surface area contributed by atoms with Crippen molar-refractivity contribution in [3.05, 3.63) is 35.7 Å². The molecule has 2 amide bonds. The topological polar surface area (TPSA) is 156 Å². The van der Waals surface area contributed by atoms with Crippen molar-refractivity contribution < 1.29 is 9.59 Å². The molecule has 11 heteroatoms. The zero-order valence-electron chi connectivity index (χ0n) is 14.8. The molecule has 142 valence electrons. The number of carbonyl (C=O) groups is 2. The number of anilines is 1. The summed E-state index contributed by atoms with van der Waals surface area (Å²) in [5, 5.41) is 16.7. The molecule has 2 aliphatic heterocycles. The Balaban J connectivity index is 1.48. The zero-order valence-corrected chi connectivity index (χ0v) is 15.6. The van der Waals surface area contributed by atoms with Gasteiger partial charge in [0.05, 0.1) is 0 Å². The van der Waals surface area contributed by atoms with Crippen molar-refractivity contribution in [3.8, 4) is 0 Å². The maximum atomic E-state index is 12.7. The molecule has 1 aromatic heterocycles. The van der Waals surface area contributed by atoms with Crippen LogP contribution < -0.4 is 16.8 Å². The van der Waals surface area contributed by atoms with E-state index in [9.17, 15) is 9.59 Å². The van der Waals surface area contributed by atoms with Crippen LogP contribution in [0.4, 0.5) is 5.69 Å².